The molecule has 1 nitrogen and oxygen atoms in total. The molecule has 15 heavy (non-hydrogen) atoms. The van der Waals surface area contributed by atoms with Gasteiger partial charge in [0, 0.05) is 6.42 Å². The molecule has 1 N–H and O–H groups in total. The van der Waals surface area contributed by atoms with Gasteiger partial charge >= 0.3 is 6.18 Å². The standard InChI is InChI=1S/C9H7BrF4O/c10-8-5(2-1-3-6(8)11)4-7(15)9(12,13)14/h1-3,7,15H,4H2/t7-/m1/s1. The predicted octanol–water partition coefficient (Wildman–Crippen LogP) is 3.05. The summed E-state index contributed by atoms with van der Waals surface area (Å²) in [6.45, 7) is 0. The van der Waals surface area contributed by atoms with Crippen molar-refractivity contribution in [1.82, 2.24) is 0 Å². The van der Waals surface area contributed by atoms with Crippen LogP contribution < -0.4 is 0 Å². The topological polar surface area (TPSA) is 20.2 Å². The minimum Gasteiger partial charge on any atom is -0.383 e. The minimum atomic E-state index is -4.69. The number of halogens is 5. The molecule has 0 aliphatic carbocycles. The maximum absolute atomic E-state index is 12.9. The molecule has 0 radical (unpaired) electrons. The lowest BCUT2D eigenvalue weighted by atomic mass is 10.1. The van der Waals surface area contributed by atoms with E-state index in [9.17, 15) is 17.6 Å². The van der Waals surface area contributed by atoms with Crippen LogP contribution in [0.2, 0.25) is 0 Å². The maximum Gasteiger partial charge on any atom is 0.414 e. The third-order valence-electron chi connectivity index (χ3n) is 1.82. The summed E-state index contributed by atoms with van der Waals surface area (Å²) < 4.78 is 48.9. The Morgan fingerprint density at radius 1 is 1.33 bits per heavy atom. The van der Waals surface area contributed by atoms with Crippen molar-refractivity contribution in [2.45, 2.75) is 18.7 Å². The van der Waals surface area contributed by atoms with E-state index in [1.165, 1.54) is 12.1 Å². The first-order valence-electron chi connectivity index (χ1n) is 4.00. The molecule has 0 amide bonds. The first-order valence-corrected chi connectivity index (χ1v) is 4.79. The second-order valence-electron chi connectivity index (χ2n) is 2.97. The van der Waals surface area contributed by atoms with E-state index >= 15 is 0 Å². The van der Waals surface area contributed by atoms with Crippen LogP contribution >= 0.6 is 15.9 Å². The molecule has 0 saturated heterocycles. The number of aliphatic hydroxyl groups is 1. The smallest absolute Gasteiger partial charge is 0.383 e. The normalized spacial score (nSPS) is 14.0. The summed E-state index contributed by atoms with van der Waals surface area (Å²) in [5, 5.41) is 8.79. The minimum absolute atomic E-state index is 0.0479. The molecule has 0 fully saturated rings. The van der Waals surface area contributed by atoms with E-state index in [2.05, 4.69) is 15.9 Å². The van der Waals surface area contributed by atoms with Gasteiger partial charge in [-0.25, -0.2) is 4.39 Å². The van der Waals surface area contributed by atoms with Gasteiger partial charge in [-0.3, -0.25) is 0 Å². The zero-order chi connectivity index (χ0) is 11.6. The Hall–Kier alpha value is -0.620. The van der Waals surface area contributed by atoms with Crippen LogP contribution in [0.4, 0.5) is 17.6 Å². The van der Waals surface area contributed by atoms with Gasteiger partial charge in [-0.05, 0) is 27.6 Å². The van der Waals surface area contributed by atoms with Crippen LogP contribution in [-0.4, -0.2) is 17.4 Å². The van der Waals surface area contributed by atoms with E-state index in [1.54, 1.807) is 0 Å². The SMILES string of the molecule is O[C@H](Cc1cccc(F)c1Br)C(F)(F)F. The lowest BCUT2D eigenvalue weighted by Crippen LogP contribution is -2.30. The lowest BCUT2D eigenvalue weighted by molar-refractivity contribution is -0.203. The van der Waals surface area contributed by atoms with Crippen molar-refractivity contribution in [2.75, 3.05) is 0 Å². The quantitative estimate of drug-likeness (QED) is 0.829. The maximum atomic E-state index is 12.9. The third-order valence-corrected chi connectivity index (χ3v) is 2.71. The zero-order valence-electron chi connectivity index (χ0n) is 7.35. The average Bonchev–Trinajstić information content (AvgIpc) is 2.11. The second kappa shape index (κ2) is 4.49. The number of alkyl halides is 3. The highest BCUT2D eigenvalue weighted by Crippen LogP contribution is 2.27. The zero-order valence-corrected chi connectivity index (χ0v) is 8.94. The van der Waals surface area contributed by atoms with Crippen molar-refractivity contribution in [1.29, 1.82) is 0 Å². The van der Waals surface area contributed by atoms with Gasteiger partial charge in [0.05, 0.1) is 4.47 Å². The molecule has 1 aromatic carbocycles. The molecular formula is C9H7BrF4O. The number of hydrogen-bond acceptors (Lipinski definition) is 1. The first kappa shape index (κ1) is 12.4. The molecule has 0 aromatic heterocycles. The van der Waals surface area contributed by atoms with Gasteiger partial charge in [0.25, 0.3) is 0 Å². The summed E-state index contributed by atoms with van der Waals surface area (Å²) in [4.78, 5) is 0. The second-order valence-corrected chi connectivity index (χ2v) is 3.77. The van der Waals surface area contributed by atoms with Crippen molar-refractivity contribution >= 4 is 15.9 Å². The molecule has 0 heterocycles. The van der Waals surface area contributed by atoms with Crippen molar-refractivity contribution in [2.24, 2.45) is 0 Å². The van der Waals surface area contributed by atoms with Gasteiger partial charge in [-0.2, -0.15) is 13.2 Å². The van der Waals surface area contributed by atoms with E-state index in [4.69, 9.17) is 5.11 Å². The van der Waals surface area contributed by atoms with E-state index in [1.807, 2.05) is 0 Å². The van der Waals surface area contributed by atoms with Crippen LogP contribution in [-0.2, 0) is 6.42 Å². The van der Waals surface area contributed by atoms with Crippen LogP contribution in [0.3, 0.4) is 0 Å². The summed E-state index contributed by atoms with van der Waals surface area (Å²) in [5.74, 6) is -0.651. The highest BCUT2D eigenvalue weighted by molar-refractivity contribution is 9.10. The van der Waals surface area contributed by atoms with Gasteiger partial charge in [-0.1, -0.05) is 12.1 Å². The lowest BCUT2D eigenvalue weighted by Gasteiger charge is -2.15. The Morgan fingerprint density at radius 2 is 1.93 bits per heavy atom. The third kappa shape index (κ3) is 3.17. The highest BCUT2D eigenvalue weighted by Gasteiger charge is 2.38. The molecule has 1 aromatic rings. The van der Waals surface area contributed by atoms with E-state index in [0.717, 1.165) is 6.07 Å². The molecule has 0 unspecified atom stereocenters. The largest absolute Gasteiger partial charge is 0.414 e. The first-order chi connectivity index (χ1) is 6.82. The summed E-state index contributed by atoms with van der Waals surface area (Å²) >= 11 is 2.82. The van der Waals surface area contributed by atoms with Crippen molar-refractivity contribution in [3.8, 4) is 0 Å². The molecule has 84 valence electrons. The fraction of sp³-hybridized carbons (Fsp3) is 0.333. The Kier molecular flexibility index (Phi) is 3.72. The number of hydrogen-bond donors (Lipinski definition) is 1. The average molecular weight is 287 g/mol. The van der Waals surface area contributed by atoms with Gasteiger partial charge in [0.1, 0.15) is 5.82 Å². The molecule has 1 rings (SSSR count). The summed E-state index contributed by atoms with van der Waals surface area (Å²) in [7, 11) is 0. The Bertz CT molecular complexity index is 350. The molecular weight excluding hydrogens is 280 g/mol. The van der Waals surface area contributed by atoms with Crippen molar-refractivity contribution < 1.29 is 22.7 Å². The van der Waals surface area contributed by atoms with Crippen molar-refractivity contribution in [3.05, 3.63) is 34.1 Å². The van der Waals surface area contributed by atoms with E-state index in [0.29, 0.717) is 0 Å². The molecule has 0 saturated carbocycles. The molecule has 0 aliphatic heterocycles. The van der Waals surface area contributed by atoms with Crippen molar-refractivity contribution in [3.63, 3.8) is 0 Å². The molecule has 0 spiro atoms. The molecule has 1 atom stereocenters. The van der Waals surface area contributed by atoms with Gasteiger partial charge < -0.3 is 5.11 Å². The fourth-order valence-electron chi connectivity index (χ4n) is 1.03. The fourth-order valence-corrected chi connectivity index (χ4v) is 1.46. The summed E-state index contributed by atoms with van der Waals surface area (Å²) in [6, 6.07) is 3.73. The highest BCUT2D eigenvalue weighted by atomic mass is 79.9. The molecule has 0 aliphatic rings. The number of rotatable bonds is 2. The molecule has 0 bridgehead atoms. The predicted molar refractivity (Wildman–Crippen MR) is 49.9 cm³/mol. The number of aliphatic hydroxyl groups excluding tert-OH is 1. The van der Waals surface area contributed by atoms with Crippen LogP contribution in [0.15, 0.2) is 22.7 Å². The van der Waals surface area contributed by atoms with Gasteiger partial charge in [-0.15, -0.1) is 0 Å². The Labute approximate surface area is 91.9 Å². The summed E-state index contributed by atoms with van der Waals surface area (Å²) in [5.41, 5.74) is 0.0832. The van der Waals surface area contributed by atoms with Gasteiger partial charge in [0.2, 0.25) is 0 Å². The van der Waals surface area contributed by atoms with E-state index < -0.39 is 24.5 Å². The number of benzene rings is 1. The van der Waals surface area contributed by atoms with Crippen LogP contribution in [0, 0.1) is 5.82 Å². The van der Waals surface area contributed by atoms with Crippen LogP contribution in [0.5, 0.6) is 0 Å². The van der Waals surface area contributed by atoms with Crippen LogP contribution in [0.1, 0.15) is 5.56 Å². The van der Waals surface area contributed by atoms with Crippen LogP contribution in [0.25, 0.3) is 0 Å². The monoisotopic (exact) mass is 286 g/mol. The van der Waals surface area contributed by atoms with Gasteiger partial charge in [0.15, 0.2) is 6.10 Å². The Balaban J connectivity index is 2.86. The van der Waals surface area contributed by atoms with E-state index in [-0.39, 0.29) is 10.0 Å². The molecule has 6 heteroatoms. The Morgan fingerprint density at radius 3 is 2.47 bits per heavy atom. The summed E-state index contributed by atoms with van der Waals surface area (Å²) in [6.07, 6.45) is -7.83.